The molecule has 1 atom stereocenters. The quantitative estimate of drug-likeness (QED) is 0.330. The van der Waals surface area contributed by atoms with Crippen LogP contribution < -0.4 is 0 Å². The van der Waals surface area contributed by atoms with Crippen molar-refractivity contribution < 1.29 is 9.59 Å². The molecular weight excluding hydrogens is 250 g/mol. The number of hydrogen-bond donors (Lipinski definition) is 0. The molecule has 0 saturated carbocycles. The summed E-state index contributed by atoms with van der Waals surface area (Å²) in [5.41, 5.74) is 0. The lowest BCUT2D eigenvalue weighted by Gasteiger charge is -2.18. The topological polar surface area (TPSA) is 37.4 Å². The molecule has 1 aliphatic heterocycles. The van der Waals surface area contributed by atoms with Gasteiger partial charge >= 0.3 is 0 Å². The molecule has 0 spiro atoms. The summed E-state index contributed by atoms with van der Waals surface area (Å²) in [5, 5.41) is 0.779. The van der Waals surface area contributed by atoms with E-state index in [4.69, 9.17) is 0 Å². The molecule has 1 rings (SSSR count). The maximum atomic E-state index is 11.8. The highest BCUT2D eigenvalue weighted by atomic mass is 33.1. The van der Waals surface area contributed by atoms with E-state index in [1.165, 1.54) is 15.7 Å². The minimum absolute atomic E-state index is 0.0128. The number of carbonyl (C=O) groups is 2. The van der Waals surface area contributed by atoms with Crippen LogP contribution in [0.2, 0.25) is 0 Å². The molecule has 0 radical (unpaired) electrons. The van der Waals surface area contributed by atoms with Crippen molar-refractivity contribution in [3.05, 3.63) is 0 Å². The third-order valence-corrected chi connectivity index (χ3v) is 6.04. The molecule has 2 amide bonds. The van der Waals surface area contributed by atoms with Crippen LogP contribution >= 0.6 is 33.3 Å². The Balaban J connectivity index is 2.50. The Hall–Kier alpha value is 0.190. The number of thioether (sulfide) groups is 1. The summed E-state index contributed by atoms with van der Waals surface area (Å²) in [5.74, 6) is -0.0501. The van der Waals surface area contributed by atoms with Gasteiger partial charge in [0, 0.05) is 17.5 Å². The summed E-state index contributed by atoms with van der Waals surface area (Å²) in [6, 6.07) is -0.0128. The van der Waals surface area contributed by atoms with Crippen molar-refractivity contribution in [2.45, 2.75) is 31.6 Å². The number of likely N-dealkylation sites (tertiary alicyclic amines) is 1. The average molecular weight is 265 g/mol. The van der Waals surface area contributed by atoms with E-state index in [2.05, 4.69) is 0 Å². The maximum absolute atomic E-state index is 11.8. The third-order valence-electron chi connectivity index (χ3n) is 2.01. The molecule has 0 aromatic rings. The number of amides is 2. The van der Waals surface area contributed by atoms with E-state index in [9.17, 15) is 9.59 Å². The number of rotatable bonds is 5. The molecule has 1 saturated heterocycles. The first-order valence-electron chi connectivity index (χ1n) is 4.71. The van der Waals surface area contributed by atoms with Gasteiger partial charge < -0.3 is 0 Å². The van der Waals surface area contributed by atoms with Gasteiger partial charge in [-0.05, 0) is 20.1 Å². The Kier molecular flexibility index (Phi) is 5.35. The van der Waals surface area contributed by atoms with E-state index >= 15 is 0 Å². The van der Waals surface area contributed by atoms with E-state index in [0.717, 1.165) is 5.08 Å². The molecule has 0 N–H and O–H groups in total. The number of carbonyl (C=O) groups excluding carboxylic acids is 2. The monoisotopic (exact) mass is 265 g/mol. The minimum Gasteiger partial charge on any atom is -0.279 e. The van der Waals surface area contributed by atoms with Gasteiger partial charge in [-0.25, -0.2) is 0 Å². The van der Waals surface area contributed by atoms with Crippen LogP contribution in [0.15, 0.2) is 0 Å². The van der Waals surface area contributed by atoms with Crippen molar-refractivity contribution in [1.82, 2.24) is 4.90 Å². The van der Waals surface area contributed by atoms with Crippen molar-refractivity contribution in [3.8, 4) is 0 Å². The van der Waals surface area contributed by atoms with Crippen molar-refractivity contribution in [2.75, 3.05) is 11.3 Å². The van der Waals surface area contributed by atoms with Crippen LogP contribution in [0.4, 0.5) is 0 Å². The van der Waals surface area contributed by atoms with Gasteiger partial charge in [0.2, 0.25) is 11.8 Å². The van der Waals surface area contributed by atoms with Crippen molar-refractivity contribution in [3.63, 3.8) is 0 Å². The first-order valence-corrected chi connectivity index (χ1v) is 8.48. The normalized spacial score (nSPS) is 21.9. The number of nitrogens with zero attached hydrogens (tertiary/aromatic N) is 1. The molecule has 0 aromatic carbocycles. The van der Waals surface area contributed by atoms with Crippen LogP contribution in [0.3, 0.4) is 0 Å². The average Bonchev–Trinajstić information content (AvgIpc) is 2.42. The van der Waals surface area contributed by atoms with Crippen LogP contribution in [-0.2, 0) is 9.59 Å². The van der Waals surface area contributed by atoms with Crippen LogP contribution in [-0.4, -0.2) is 39.3 Å². The highest BCUT2D eigenvalue weighted by Crippen LogP contribution is 2.35. The van der Waals surface area contributed by atoms with Gasteiger partial charge in [0.15, 0.2) is 0 Å². The molecule has 0 aromatic heterocycles. The summed E-state index contributed by atoms with van der Waals surface area (Å²) in [6.45, 7) is 3.75. The van der Waals surface area contributed by atoms with Crippen molar-refractivity contribution >= 4 is 45.2 Å². The predicted octanol–water partition coefficient (Wildman–Crippen LogP) is 2.22. The Morgan fingerprint density at radius 2 is 2.13 bits per heavy atom. The number of imide groups is 1. The van der Waals surface area contributed by atoms with E-state index in [-0.39, 0.29) is 23.1 Å². The smallest absolute Gasteiger partial charge is 0.243 e. The van der Waals surface area contributed by atoms with E-state index in [1.54, 1.807) is 22.6 Å². The van der Waals surface area contributed by atoms with Crippen LogP contribution in [0.1, 0.15) is 20.3 Å². The highest BCUT2D eigenvalue weighted by Gasteiger charge is 2.40. The predicted molar refractivity (Wildman–Crippen MR) is 69.0 cm³/mol. The minimum atomic E-state index is -0.169. The fraction of sp³-hybridized carbons (Fsp3) is 0.778. The van der Waals surface area contributed by atoms with E-state index in [1.807, 2.05) is 20.1 Å². The molecule has 1 fully saturated rings. The Bertz CT molecular complexity index is 258. The molecule has 0 bridgehead atoms. The van der Waals surface area contributed by atoms with E-state index < -0.39 is 0 Å². The van der Waals surface area contributed by atoms with Gasteiger partial charge in [-0.2, -0.15) is 11.8 Å². The Labute approximate surface area is 103 Å². The first-order chi connectivity index (χ1) is 7.07. The molecule has 0 aliphatic carbocycles. The maximum Gasteiger partial charge on any atom is 0.243 e. The summed E-state index contributed by atoms with van der Waals surface area (Å²) in [6.07, 6.45) is 2.39. The molecule has 6 heteroatoms. The zero-order valence-corrected chi connectivity index (χ0v) is 11.5. The van der Waals surface area contributed by atoms with Gasteiger partial charge in [-0.15, -0.1) is 0 Å². The molecular formula is C9H15NO2S3. The highest BCUT2D eigenvalue weighted by molar-refractivity contribution is 8.78. The summed E-state index contributed by atoms with van der Waals surface area (Å²) < 4.78 is 0. The van der Waals surface area contributed by atoms with Crippen LogP contribution in [0.25, 0.3) is 0 Å². The second-order valence-corrected chi connectivity index (χ2v) is 7.31. The van der Waals surface area contributed by atoms with Crippen LogP contribution in [0.5, 0.6) is 0 Å². The van der Waals surface area contributed by atoms with Crippen molar-refractivity contribution in [1.29, 1.82) is 0 Å². The molecule has 15 heavy (non-hydrogen) atoms. The lowest BCUT2D eigenvalue weighted by atomic mass is 10.3. The van der Waals surface area contributed by atoms with Gasteiger partial charge in [-0.1, -0.05) is 21.6 Å². The fourth-order valence-electron chi connectivity index (χ4n) is 1.40. The van der Waals surface area contributed by atoms with Gasteiger partial charge in [-0.3, -0.25) is 14.5 Å². The van der Waals surface area contributed by atoms with Gasteiger partial charge in [0.05, 0.1) is 0 Å². The largest absolute Gasteiger partial charge is 0.279 e. The van der Waals surface area contributed by atoms with Gasteiger partial charge in [0.25, 0.3) is 0 Å². The van der Waals surface area contributed by atoms with Crippen molar-refractivity contribution in [2.24, 2.45) is 0 Å². The Morgan fingerprint density at radius 1 is 1.47 bits per heavy atom. The lowest BCUT2D eigenvalue weighted by Crippen LogP contribution is -2.37. The van der Waals surface area contributed by atoms with Crippen LogP contribution in [0, 0.1) is 0 Å². The SMILES string of the molecule is CSCSSC1CC(=O)N(C(C)C)C1=O. The number of hydrogen-bond acceptors (Lipinski definition) is 5. The summed E-state index contributed by atoms with van der Waals surface area (Å²) in [7, 11) is 3.18. The zero-order chi connectivity index (χ0) is 11.4. The zero-order valence-electron chi connectivity index (χ0n) is 9.06. The molecule has 1 unspecified atom stereocenters. The second kappa shape index (κ2) is 6.06. The summed E-state index contributed by atoms with van der Waals surface area (Å²) >= 11 is 1.73. The molecule has 1 aliphatic rings. The summed E-state index contributed by atoms with van der Waals surface area (Å²) in [4.78, 5) is 24.7. The Morgan fingerprint density at radius 3 is 2.60 bits per heavy atom. The third kappa shape index (κ3) is 3.32. The van der Waals surface area contributed by atoms with E-state index in [0.29, 0.717) is 6.42 Å². The fourth-order valence-corrected chi connectivity index (χ4v) is 4.89. The second-order valence-electron chi connectivity index (χ2n) is 3.51. The lowest BCUT2D eigenvalue weighted by molar-refractivity contribution is -0.140. The molecule has 86 valence electrons. The first kappa shape index (κ1) is 13.3. The molecule has 3 nitrogen and oxygen atoms in total. The molecule has 1 heterocycles. The standard InChI is InChI=1S/C9H15NO2S3/c1-6(2)10-8(11)4-7(9(10)12)15-14-5-13-3/h6-7H,4-5H2,1-3H3. The van der Waals surface area contributed by atoms with Gasteiger partial charge in [0.1, 0.15) is 5.25 Å².